The smallest absolute Gasteiger partial charge is 0.243 e. The van der Waals surface area contributed by atoms with Crippen molar-refractivity contribution >= 4 is 10.0 Å². The molecule has 0 saturated carbocycles. The van der Waals surface area contributed by atoms with Gasteiger partial charge < -0.3 is 9.47 Å². The number of sulfonamides is 1. The molecule has 0 bridgehead atoms. The van der Waals surface area contributed by atoms with Gasteiger partial charge in [-0.1, -0.05) is 0 Å². The van der Waals surface area contributed by atoms with Gasteiger partial charge in [-0.25, -0.2) is 13.1 Å². The van der Waals surface area contributed by atoms with Gasteiger partial charge in [-0.05, 0) is 13.3 Å². The predicted molar refractivity (Wildman–Crippen MR) is 65.8 cm³/mol. The number of aromatic amines is 1. The SMILES string of the molecule is COCCOCCCNS(=O)(=O)c1cn[nH]c1C. The van der Waals surface area contributed by atoms with Crippen molar-refractivity contribution in [3.05, 3.63) is 11.9 Å². The minimum Gasteiger partial charge on any atom is -0.382 e. The maximum atomic E-state index is 11.8. The van der Waals surface area contributed by atoms with Crippen LogP contribution in [-0.4, -0.2) is 52.1 Å². The molecule has 0 aliphatic carbocycles. The number of aryl methyl sites for hydroxylation is 1. The summed E-state index contributed by atoms with van der Waals surface area (Å²) < 4.78 is 36.2. The summed E-state index contributed by atoms with van der Waals surface area (Å²) in [6.07, 6.45) is 1.91. The van der Waals surface area contributed by atoms with E-state index in [1.807, 2.05) is 0 Å². The van der Waals surface area contributed by atoms with E-state index in [-0.39, 0.29) is 4.90 Å². The summed E-state index contributed by atoms with van der Waals surface area (Å²) in [7, 11) is -1.87. The molecule has 0 spiro atoms. The molecule has 0 aliphatic rings. The predicted octanol–water partition coefficient (Wildman–Crippen LogP) is 0.0495. The number of hydrogen-bond donors (Lipinski definition) is 2. The first kappa shape index (κ1) is 15.1. The second-order valence-electron chi connectivity index (χ2n) is 3.72. The number of hydrogen-bond acceptors (Lipinski definition) is 5. The molecule has 2 N–H and O–H groups in total. The van der Waals surface area contributed by atoms with Gasteiger partial charge >= 0.3 is 0 Å². The topological polar surface area (TPSA) is 93.3 Å². The molecular formula is C10H19N3O4S. The Morgan fingerprint density at radius 3 is 2.78 bits per heavy atom. The van der Waals surface area contributed by atoms with Crippen LogP contribution in [0, 0.1) is 6.92 Å². The van der Waals surface area contributed by atoms with Gasteiger partial charge in [0.1, 0.15) is 4.90 Å². The summed E-state index contributed by atoms with van der Waals surface area (Å²) >= 11 is 0. The normalized spacial score (nSPS) is 11.9. The highest BCUT2D eigenvalue weighted by atomic mass is 32.2. The van der Waals surface area contributed by atoms with E-state index in [2.05, 4.69) is 14.9 Å². The van der Waals surface area contributed by atoms with Crippen molar-refractivity contribution in [1.29, 1.82) is 0 Å². The molecule has 1 aromatic rings. The van der Waals surface area contributed by atoms with Crippen LogP contribution in [0.5, 0.6) is 0 Å². The highest BCUT2D eigenvalue weighted by Crippen LogP contribution is 2.10. The van der Waals surface area contributed by atoms with Crippen LogP contribution in [0.4, 0.5) is 0 Å². The lowest BCUT2D eigenvalue weighted by atomic mass is 10.5. The van der Waals surface area contributed by atoms with Crippen LogP contribution in [0.3, 0.4) is 0 Å². The number of aromatic nitrogens is 2. The monoisotopic (exact) mass is 277 g/mol. The molecule has 0 radical (unpaired) electrons. The van der Waals surface area contributed by atoms with Gasteiger partial charge in [0.25, 0.3) is 0 Å². The van der Waals surface area contributed by atoms with E-state index in [0.717, 1.165) is 0 Å². The van der Waals surface area contributed by atoms with Gasteiger partial charge in [0.2, 0.25) is 10.0 Å². The molecule has 0 aromatic carbocycles. The minimum absolute atomic E-state index is 0.183. The average Bonchev–Trinajstić information content (AvgIpc) is 2.75. The van der Waals surface area contributed by atoms with Crippen molar-refractivity contribution in [2.45, 2.75) is 18.2 Å². The molecule has 0 saturated heterocycles. The quantitative estimate of drug-likeness (QED) is 0.622. The number of nitrogens with one attached hydrogen (secondary N) is 2. The molecule has 7 nitrogen and oxygen atoms in total. The van der Waals surface area contributed by atoms with Crippen molar-refractivity contribution in [2.24, 2.45) is 0 Å². The summed E-state index contributed by atoms with van der Waals surface area (Å²) in [5.41, 5.74) is 0.527. The van der Waals surface area contributed by atoms with Crippen LogP contribution >= 0.6 is 0 Å². The molecule has 1 rings (SSSR count). The fraction of sp³-hybridized carbons (Fsp3) is 0.700. The molecule has 1 heterocycles. The van der Waals surface area contributed by atoms with Crippen molar-refractivity contribution in [3.8, 4) is 0 Å². The van der Waals surface area contributed by atoms with Gasteiger partial charge in [0.05, 0.1) is 25.1 Å². The molecule has 104 valence electrons. The van der Waals surface area contributed by atoms with Crippen LogP contribution in [0.2, 0.25) is 0 Å². The van der Waals surface area contributed by atoms with Crippen molar-refractivity contribution in [2.75, 3.05) is 33.5 Å². The number of nitrogens with zero attached hydrogens (tertiary/aromatic N) is 1. The standard InChI is InChI=1S/C10H19N3O4S/c1-9-10(8-11-13-9)18(14,15)12-4-3-5-17-7-6-16-2/h8,12H,3-7H2,1-2H3,(H,11,13). The lowest BCUT2D eigenvalue weighted by Gasteiger charge is -2.06. The third kappa shape index (κ3) is 4.73. The second kappa shape index (κ2) is 7.47. The first-order valence-corrected chi connectivity index (χ1v) is 7.12. The first-order chi connectivity index (χ1) is 8.58. The van der Waals surface area contributed by atoms with Gasteiger partial charge in [-0.2, -0.15) is 5.10 Å². The first-order valence-electron chi connectivity index (χ1n) is 5.64. The van der Waals surface area contributed by atoms with Crippen LogP contribution in [0.1, 0.15) is 12.1 Å². The molecule has 0 atom stereocenters. The maximum absolute atomic E-state index is 11.8. The van der Waals surface area contributed by atoms with E-state index in [4.69, 9.17) is 9.47 Å². The van der Waals surface area contributed by atoms with E-state index < -0.39 is 10.0 Å². The van der Waals surface area contributed by atoms with Crippen LogP contribution in [0.15, 0.2) is 11.1 Å². The van der Waals surface area contributed by atoms with E-state index >= 15 is 0 Å². The number of methoxy groups -OCH3 is 1. The fourth-order valence-corrected chi connectivity index (χ4v) is 2.52. The Morgan fingerprint density at radius 1 is 1.39 bits per heavy atom. The fourth-order valence-electron chi connectivity index (χ4n) is 1.31. The number of rotatable bonds is 9. The third-order valence-electron chi connectivity index (χ3n) is 2.26. The van der Waals surface area contributed by atoms with E-state index in [1.54, 1.807) is 14.0 Å². The zero-order valence-corrected chi connectivity index (χ0v) is 11.4. The molecule has 1 aromatic heterocycles. The van der Waals surface area contributed by atoms with Crippen molar-refractivity contribution < 1.29 is 17.9 Å². The molecule has 0 unspecified atom stereocenters. The largest absolute Gasteiger partial charge is 0.382 e. The van der Waals surface area contributed by atoms with Crippen molar-refractivity contribution in [1.82, 2.24) is 14.9 Å². The van der Waals surface area contributed by atoms with Gasteiger partial charge in [-0.15, -0.1) is 0 Å². The molecular weight excluding hydrogens is 258 g/mol. The zero-order valence-electron chi connectivity index (χ0n) is 10.6. The Bertz CT molecular complexity index is 444. The molecule has 18 heavy (non-hydrogen) atoms. The van der Waals surface area contributed by atoms with Crippen LogP contribution in [-0.2, 0) is 19.5 Å². The maximum Gasteiger partial charge on any atom is 0.243 e. The molecule has 0 amide bonds. The van der Waals surface area contributed by atoms with E-state index in [9.17, 15) is 8.42 Å². The van der Waals surface area contributed by atoms with Gasteiger partial charge in [-0.3, -0.25) is 5.10 Å². The van der Waals surface area contributed by atoms with E-state index in [0.29, 0.717) is 38.5 Å². The van der Waals surface area contributed by atoms with Crippen LogP contribution < -0.4 is 4.72 Å². The average molecular weight is 277 g/mol. The lowest BCUT2D eigenvalue weighted by Crippen LogP contribution is -2.26. The second-order valence-corrected chi connectivity index (χ2v) is 5.45. The number of ether oxygens (including phenoxy) is 2. The number of H-pyrrole nitrogens is 1. The van der Waals surface area contributed by atoms with Crippen LogP contribution in [0.25, 0.3) is 0 Å². The van der Waals surface area contributed by atoms with E-state index in [1.165, 1.54) is 6.20 Å². The zero-order chi connectivity index (χ0) is 13.4. The summed E-state index contributed by atoms with van der Waals surface area (Å²) in [4.78, 5) is 0.183. The lowest BCUT2D eigenvalue weighted by molar-refractivity contribution is 0.0699. The minimum atomic E-state index is -3.47. The van der Waals surface area contributed by atoms with Crippen molar-refractivity contribution in [3.63, 3.8) is 0 Å². The summed E-state index contributed by atoms with van der Waals surface area (Å²) in [5, 5.41) is 6.28. The molecule has 0 fully saturated rings. The highest BCUT2D eigenvalue weighted by Gasteiger charge is 2.17. The Balaban J connectivity index is 2.25. The Morgan fingerprint density at radius 2 is 2.17 bits per heavy atom. The highest BCUT2D eigenvalue weighted by molar-refractivity contribution is 7.89. The Labute approximate surface area is 107 Å². The Kier molecular flexibility index (Phi) is 6.27. The third-order valence-corrected chi connectivity index (χ3v) is 3.84. The summed E-state index contributed by atoms with van der Waals surface area (Å²) in [6.45, 7) is 3.55. The molecule has 0 aliphatic heterocycles. The molecule has 8 heteroatoms. The summed E-state index contributed by atoms with van der Waals surface area (Å²) in [6, 6.07) is 0. The summed E-state index contributed by atoms with van der Waals surface area (Å²) in [5.74, 6) is 0. The Hall–Kier alpha value is -0.960. The van der Waals surface area contributed by atoms with Gasteiger partial charge in [0, 0.05) is 20.3 Å². The van der Waals surface area contributed by atoms with Gasteiger partial charge in [0.15, 0.2) is 0 Å².